The van der Waals surface area contributed by atoms with Gasteiger partial charge in [0, 0.05) is 6.42 Å². The molecule has 1 N–H and O–H groups in total. The monoisotopic (exact) mass is 166 g/mol. The zero-order valence-corrected chi connectivity index (χ0v) is 7.12. The molecular formula is C10H14O2. The van der Waals surface area contributed by atoms with E-state index in [0.29, 0.717) is 12.3 Å². The van der Waals surface area contributed by atoms with Gasteiger partial charge >= 0.3 is 0 Å². The standard InChI is InChI=1S/C10H14O2/c11-8-5-9(10(12)6-8)7-3-1-2-4-7/h5,7-8,11H,1-4,6H2. The normalized spacial score (nSPS) is 31.2. The van der Waals surface area contributed by atoms with Crippen molar-refractivity contribution in [3.05, 3.63) is 11.6 Å². The van der Waals surface area contributed by atoms with Crippen molar-refractivity contribution in [2.45, 2.75) is 38.2 Å². The van der Waals surface area contributed by atoms with Crippen LogP contribution in [0.15, 0.2) is 11.6 Å². The second-order valence-electron chi connectivity index (χ2n) is 3.80. The van der Waals surface area contributed by atoms with Crippen molar-refractivity contribution in [3.63, 3.8) is 0 Å². The van der Waals surface area contributed by atoms with E-state index >= 15 is 0 Å². The summed E-state index contributed by atoms with van der Waals surface area (Å²) in [6.07, 6.45) is 6.36. The van der Waals surface area contributed by atoms with E-state index in [1.54, 1.807) is 6.08 Å². The molecule has 0 saturated heterocycles. The number of carbonyl (C=O) groups is 1. The van der Waals surface area contributed by atoms with Crippen molar-refractivity contribution in [2.75, 3.05) is 0 Å². The maximum atomic E-state index is 11.3. The third-order valence-electron chi connectivity index (χ3n) is 2.88. The molecule has 0 radical (unpaired) electrons. The van der Waals surface area contributed by atoms with Gasteiger partial charge in [0.25, 0.3) is 0 Å². The molecule has 2 aliphatic carbocycles. The van der Waals surface area contributed by atoms with Crippen LogP contribution in [0, 0.1) is 5.92 Å². The molecule has 1 fully saturated rings. The van der Waals surface area contributed by atoms with E-state index in [-0.39, 0.29) is 5.78 Å². The number of hydrogen-bond acceptors (Lipinski definition) is 2. The number of Topliss-reactive ketones (excluding diaryl/α,β-unsaturated/α-hetero) is 1. The van der Waals surface area contributed by atoms with E-state index in [0.717, 1.165) is 18.4 Å². The highest BCUT2D eigenvalue weighted by atomic mass is 16.3. The highest BCUT2D eigenvalue weighted by molar-refractivity contribution is 5.98. The van der Waals surface area contributed by atoms with Gasteiger partial charge in [0.15, 0.2) is 5.78 Å². The van der Waals surface area contributed by atoms with E-state index in [1.165, 1.54) is 12.8 Å². The molecule has 1 saturated carbocycles. The van der Waals surface area contributed by atoms with Gasteiger partial charge in [-0.1, -0.05) is 12.8 Å². The molecule has 0 aromatic heterocycles. The fraction of sp³-hybridized carbons (Fsp3) is 0.700. The zero-order valence-electron chi connectivity index (χ0n) is 7.12. The molecule has 0 bridgehead atoms. The predicted molar refractivity (Wildman–Crippen MR) is 45.7 cm³/mol. The van der Waals surface area contributed by atoms with Crippen molar-refractivity contribution < 1.29 is 9.90 Å². The number of ketones is 1. The Morgan fingerprint density at radius 3 is 2.50 bits per heavy atom. The largest absolute Gasteiger partial charge is 0.389 e. The summed E-state index contributed by atoms with van der Waals surface area (Å²) >= 11 is 0. The molecular weight excluding hydrogens is 152 g/mol. The van der Waals surface area contributed by atoms with Crippen LogP contribution in [0.4, 0.5) is 0 Å². The molecule has 2 aliphatic rings. The number of allylic oxidation sites excluding steroid dienone is 1. The molecule has 2 heteroatoms. The first-order chi connectivity index (χ1) is 5.77. The van der Waals surface area contributed by atoms with Crippen LogP contribution in [-0.2, 0) is 4.79 Å². The van der Waals surface area contributed by atoms with Gasteiger partial charge in [-0.15, -0.1) is 0 Å². The molecule has 1 atom stereocenters. The third-order valence-corrected chi connectivity index (χ3v) is 2.88. The Hall–Kier alpha value is -0.630. The van der Waals surface area contributed by atoms with Crippen LogP contribution >= 0.6 is 0 Å². The van der Waals surface area contributed by atoms with Crippen molar-refractivity contribution in [1.82, 2.24) is 0 Å². The Bertz CT molecular complexity index is 224. The molecule has 2 rings (SSSR count). The SMILES string of the molecule is O=C1CC(O)C=C1C1CCCC1. The molecule has 0 aliphatic heterocycles. The number of rotatable bonds is 1. The highest BCUT2D eigenvalue weighted by Gasteiger charge is 2.29. The molecule has 66 valence electrons. The van der Waals surface area contributed by atoms with Gasteiger partial charge in [-0.3, -0.25) is 4.79 Å². The second-order valence-corrected chi connectivity index (χ2v) is 3.80. The fourth-order valence-electron chi connectivity index (χ4n) is 2.27. The Morgan fingerprint density at radius 2 is 2.00 bits per heavy atom. The zero-order chi connectivity index (χ0) is 8.55. The molecule has 1 unspecified atom stereocenters. The number of carbonyl (C=O) groups excluding carboxylic acids is 1. The summed E-state index contributed by atoms with van der Waals surface area (Å²) in [5, 5.41) is 9.23. The quantitative estimate of drug-likeness (QED) is 0.640. The molecule has 0 spiro atoms. The first-order valence-electron chi connectivity index (χ1n) is 4.70. The summed E-state index contributed by atoms with van der Waals surface area (Å²) in [7, 11) is 0. The minimum Gasteiger partial charge on any atom is -0.389 e. The molecule has 0 aromatic rings. The lowest BCUT2D eigenvalue weighted by Crippen LogP contribution is -2.06. The first-order valence-corrected chi connectivity index (χ1v) is 4.70. The van der Waals surface area contributed by atoms with E-state index in [4.69, 9.17) is 0 Å². The predicted octanol–water partition coefficient (Wildman–Crippen LogP) is 1.44. The van der Waals surface area contributed by atoms with Crippen LogP contribution < -0.4 is 0 Å². The summed E-state index contributed by atoms with van der Waals surface area (Å²) in [5.41, 5.74) is 0.917. The van der Waals surface area contributed by atoms with Crippen molar-refractivity contribution in [2.24, 2.45) is 5.92 Å². The first kappa shape index (κ1) is 7.99. The lowest BCUT2D eigenvalue weighted by molar-refractivity contribution is -0.116. The molecule has 0 amide bonds. The smallest absolute Gasteiger partial charge is 0.161 e. The van der Waals surface area contributed by atoms with Gasteiger partial charge in [-0.25, -0.2) is 0 Å². The molecule has 2 nitrogen and oxygen atoms in total. The number of aliphatic hydroxyl groups excluding tert-OH is 1. The summed E-state index contributed by atoms with van der Waals surface area (Å²) in [5.74, 6) is 0.643. The van der Waals surface area contributed by atoms with Crippen LogP contribution in [-0.4, -0.2) is 17.0 Å². The summed E-state index contributed by atoms with van der Waals surface area (Å²) in [4.78, 5) is 11.3. The maximum absolute atomic E-state index is 11.3. The second kappa shape index (κ2) is 3.02. The Morgan fingerprint density at radius 1 is 1.33 bits per heavy atom. The minimum atomic E-state index is -0.492. The van der Waals surface area contributed by atoms with Crippen molar-refractivity contribution >= 4 is 5.78 Å². The van der Waals surface area contributed by atoms with E-state index in [2.05, 4.69) is 0 Å². The van der Waals surface area contributed by atoms with E-state index in [9.17, 15) is 9.90 Å². The van der Waals surface area contributed by atoms with Crippen molar-refractivity contribution in [1.29, 1.82) is 0 Å². The summed E-state index contributed by atoms with van der Waals surface area (Å²) < 4.78 is 0. The van der Waals surface area contributed by atoms with Gasteiger partial charge in [0.05, 0.1) is 6.10 Å². The third kappa shape index (κ3) is 1.31. The van der Waals surface area contributed by atoms with Gasteiger partial charge in [-0.2, -0.15) is 0 Å². The highest BCUT2D eigenvalue weighted by Crippen LogP contribution is 2.34. The number of aliphatic hydroxyl groups is 1. The fourth-order valence-corrected chi connectivity index (χ4v) is 2.27. The minimum absolute atomic E-state index is 0.175. The topological polar surface area (TPSA) is 37.3 Å². The average molecular weight is 166 g/mol. The lowest BCUT2D eigenvalue weighted by atomic mass is 9.96. The Balaban J connectivity index is 2.11. The van der Waals surface area contributed by atoms with E-state index < -0.39 is 6.10 Å². The summed E-state index contributed by atoms with van der Waals surface area (Å²) in [6, 6.07) is 0. The van der Waals surface area contributed by atoms with Gasteiger partial charge in [0.1, 0.15) is 0 Å². The molecule has 12 heavy (non-hydrogen) atoms. The van der Waals surface area contributed by atoms with Crippen LogP contribution in [0.1, 0.15) is 32.1 Å². The molecule has 0 heterocycles. The Labute approximate surface area is 72.3 Å². The van der Waals surface area contributed by atoms with Gasteiger partial charge in [-0.05, 0) is 30.4 Å². The van der Waals surface area contributed by atoms with Crippen LogP contribution in [0.3, 0.4) is 0 Å². The lowest BCUT2D eigenvalue weighted by Gasteiger charge is -2.07. The Kier molecular flexibility index (Phi) is 2.01. The van der Waals surface area contributed by atoms with Crippen LogP contribution in [0.5, 0.6) is 0 Å². The van der Waals surface area contributed by atoms with Crippen LogP contribution in [0.25, 0.3) is 0 Å². The van der Waals surface area contributed by atoms with Crippen LogP contribution in [0.2, 0.25) is 0 Å². The van der Waals surface area contributed by atoms with Gasteiger partial charge in [0.2, 0.25) is 0 Å². The van der Waals surface area contributed by atoms with Crippen molar-refractivity contribution in [3.8, 4) is 0 Å². The maximum Gasteiger partial charge on any atom is 0.161 e. The number of hydrogen-bond donors (Lipinski definition) is 1. The van der Waals surface area contributed by atoms with Gasteiger partial charge < -0.3 is 5.11 Å². The van der Waals surface area contributed by atoms with E-state index in [1.807, 2.05) is 0 Å². The molecule has 0 aromatic carbocycles. The average Bonchev–Trinajstić information content (AvgIpc) is 2.58. The summed E-state index contributed by atoms with van der Waals surface area (Å²) in [6.45, 7) is 0.